The van der Waals surface area contributed by atoms with Crippen molar-refractivity contribution in [1.29, 1.82) is 0 Å². The Labute approximate surface area is 113 Å². The van der Waals surface area contributed by atoms with Gasteiger partial charge < -0.3 is 5.32 Å². The minimum atomic E-state index is -0.569. The Bertz CT molecular complexity index is 646. The van der Waals surface area contributed by atoms with Crippen LogP contribution in [0.4, 0.5) is 11.4 Å². The van der Waals surface area contributed by atoms with Crippen molar-refractivity contribution in [2.75, 3.05) is 5.32 Å². The molecule has 1 N–H and O–H groups in total. The fourth-order valence-electron chi connectivity index (χ4n) is 1.47. The summed E-state index contributed by atoms with van der Waals surface area (Å²) in [5.41, 5.74) is 0.0793. The number of nitro groups is 1. The lowest BCUT2D eigenvalue weighted by Crippen LogP contribution is -2.13. The zero-order valence-electron chi connectivity index (χ0n) is 9.54. The fourth-order valence-corrected chi connectivity index (χ4v) is 1.66. The van der Waals surface area contributed by atoms with Crippen molar-refractivity contribution in [2.24, 2.45) is 0 Å². The number of carbonyl (C=O) groups is 1. The van der Waals surface area contributed by atoms with Crippen molar-refractivity contribution in [3.63, 3.8) is 0 Å². The van der Waals surface area contributed by atoms with E-state index < -0.39 is 10.8 Å². The number of amides is 1. The standard InChI is InChI=1S/C12H8ClN3O3/c13-9-5-6-14-7-8(9)12(17)15-10-3-1-2-4-11(10)16(18)19/h1-7H,(H,15,17). The van der Waals surface area contributed by atoms with Crippen LogP contribution < -0.4 is 5.32 Å². The topological polar surface area (TPSA) is 85.1 Å². The average molecular weight is 278 g/mol. The number of nitrogens with zero attached hydrogens (tertiary/aromatic N) is 2. The molecule has 0 aliphatic heterocycles. The second kappa shape index (κ2) is 5.45. The second-order valence-electron chi connectivity index (χ2n) is 3.58. The van der Waals surface area contributed by atoms with E-state index in [0.29, 0.717) is 0 Å². The molecule has 0 spiro atoms. The van der Waals surface area contributed by atoms with Gasteiger partial charge in [0.05, 0.1) is 15.5 Å². The van der Waals surface area contributed by atoms with Crippen molar-refractivity contribution in [3.05, 3.63) is 63.4 Å². The van der Waals surface area contributed by atoms with Gasteiger partial charge in [-0.3, -0.25) is 19.9 Å². The highest BCUT2D eigenvalue weighted by atomic mass is 35.5. The maximum Gasteiger partial charge on any atom is 0.292 e. The molecule has 0 aliphatic rings. The van der Waals surface area contributed by atoms with Crippen LogP contribution in [-0.2, 0) is 0 Å². The molecule has 0 aliphatic carbocycles. The summed E-state index contributed by atoms with van der Waals surface area (Å²) in [4.78, 5) is 26.0. The van der Waals surface area contributed by atoms with Crippen molar-refractivity contribution in [2.45, 2.75) is 0 Å². The molecule has 7 heteroatoms. The van der Waals surface area contributed by atoms with Crippen LogP contribution in [0.5, 0.6) is 0 Å². The highest BCUT2D eigenvalue weighted by Gasteiger charge is 2.17. The van der Waals surface area contributed by atoms with Crippen molar-refractivity contribution in [1.82, 2.24) is 4.98 Å². The molecule has 1 aromatic carbocycles. The largest absolute Gasteiger partial charge is 0.316 e. The number of hydrogen-bond donors (Lipinski definition) is 1. The Morgan fingerprint density at radius 2 is 2.05 bits per heavy atom. The first-order chi connectivity index (χ1) is 9.09. The Balaban J connectivity index is 2.30. The SMILES string of the molecule is O=C(Nc1ccccc1[N+](=O)[O-])c1cnccc1Cl. The molecule has 0 radical (unpaired) electrons. The summed E-state index contributed by atoms with van der Waals surface area (Å²) in [7, 11) is 0. The highest BCUT2D eigenvalue weighted by molar-refractivity contribution is 6.34. The van der Waals surface area contributed by atoms with Crippen molar-refractivity contribution >= 4 is 28.9 Å². The van der Waals surface area contributed by atoms with Crippen molar-refractivity contribution < 1.29 is 9.72 Å². The van der Waals surface area contributed by atoms with Gasteiger partial charge in [0.25, 0.3) is 11.6 Å². The van der Waals surface area contributed by atoms with Gasteiger partial charge in [0.1, 0.15) is 5.69 Å². The van der Waals surface area contributed by atoms with Crippen LogP contribution in [0.25, 0.3) is 0 Å². The Morgan fingerprint density at radius 3 is 2.74 bits per heavy atom. The van der Waals surface area contributed by atoms with E-state index in [1.165, 1.54) is 36.7 Å². The summed E-state index contributed by atoms with van der Waals surface area (Å²) >= 11 is 5.85. The molecular weight excluding hydrogens is 270 g/mol. The van der Waals surface area contributed by atoms with E-state index in [9.17, 15) is 14.9 Å². The summed E-state index contributed by atoms with van der Waals surface area (Å²) < 4.78 is 0. The third-order valence-electron chi connectivity index (χ3n) is 2.36. The molecule has 0 saturated carbocycles. The fraction of sp³-hybridized carbons (Fsp3) is 0. The van der Waals surface area contributed by atoms with E-state index in [0.717, 1.165) is 0 Å². The van der Waals surface area contributed by atoms with Gasteiger partial charge in [-0.15, -0.1) is 0 Å². The van der Waals surface area contributed by atoms with E-state index in [1.807, 2.05) is 0 Å². The molecule has 1 heterocycles. The molecule has 0 fully saturated rings. The molecule has 96 valence electrons. The number of hydrogen-bond acceptors (Lipinski definition) is 4. The van der Waals surface area contributed by atoms with Gasteiger partial charge in [0.15, 0.2) is 0 Å². The molecule has 2 rings (SSSR count). The predicted octanol–water partition coefficient (Wildman–Crippen LogP) is 2.90. The number of nitro benzene ring substituents is 1. The number of para-hydroxylation sites is 2. The molecule has 0 atom stereocenters. The Morgan fingerprint density at radius 1 is 1.32 bits per heavy atom. The molecule has 6 nitrogen and oxygen atoms in total. The van der Waals surface area contributed by atoms with E-state index in [4.69, 9.17) is 11.6 Å². The molecule has 1 aromatic heterocycles. The second-order valence-corrected chi connectivity index (χ2v) is 3.99. The number of anilines is 1. The van der Waals surface area contributed by atoms with Crippen LogP contribution in [0.3, 0.4) is 0 Å². The summed E-state index contributed by atoms with van der Waals surface area (Å²) in [6, 6.07) is 7.33. The first-order valence-electron chi connectivity index (χ1n) is 5.24. The van der Waals surface area contributed by atoms with E-state index in [1.54, 1.807) is 6.07 Å². The van der Waals surface area contributed by atoms with Crippen LogP contribution in [-0.4, -0.2) is 15.8 Å². The first kappa shape index (κ1) is 13.0. The third kappa shape index (κ3) is 2.86. The van der Waals surface area contributed by atoms with Crippen LogP contribution in [0.15, 0.2) is 42.7 Å². The quantitative estimate of drug-likeness (QED) is 0.690. The minimum absolute atomic E-state index is 0.109. The minimum Gasteiger partial charge on any atom is -0.316 e. The van der Waals surface area contributed by atoms with Gasteiger partial charge in [-0.05, 0) is 12.1 Å². The normalized spacial score (nSPS) is 9.95. The number of aromatic nitrogens is 1. The van der Waals surface area contributed by atoms with Gasteiger partial charge in [-0.25, -0.2) is 0 Å². The van der Waals surface area contributed by atoms with E-state index in [2.05, 4.69) is 10.3 Å². The zero-order valence-corrected chi connectivity index (χ0v) is 10.3. The van der Waals surface area contributed by atoms with Gasteiger partial charge in [0, 0.05) is 18.5 Å². The Hall–Kier alpha value is -2.47. The summed E-state index contributed by atoms with van der Waals surface area (Å²) in [5.74, 6) is -0.549. The molecule has 0 unspecified atom stereocenters. The molecule has 0 bridgehead atoms. The van der Waals surface area contributed by atoms with E-state index in [-0.39, 0.29) is 22.0 Å². The maximum absolute atomic E-state index is 12.0. The van der Waals surface area contributed by atoms with Gasteiger partial charge in [-0.2, -0.15) is 0 Å². The zero-order chi connectivity index (χ0) is 13.8. The smallest absolute Gasteiger partial charge is 0.292 e. The lowest BCUT2D eigenvalue weighted by atomic mass is 10.2. The maximum atomic E-state index is 12.0. The Kier molecular flexibility index (Phi) is 3.72. The number of pyridine rings is 1. The van der Waals surface area contributed by atoms with Crippen LogP contribution in [0.1, 0.15) is 10.4 Å². The lowest BCUT2D eigenvalue weighted by Gasteiger charge is -2.06. The number of benzene rings is 1. The number of carbonyl (C=O) groups excluding carboxylic acids is 1. The van der Waals surface area contributed by atoms with Crippen LogP contribution in [0, 0.1) is 10.1 Å². The molecular formula is C12H8ClN3O3. The first-order valence-corrected chi connectivity index (χ1v) is 5.61. The summed E-state index contributed by atoms with van der Waals surface area (Å²) in [6.07, 6.45) is 2.75. The third-order valence-corrected chi connectivity index (χ3v) is 2.69. The monoisotopic (exact) mass is 277 g/mol. The molecule has 2 aromatic rings. The van der Waals surface area contributed by atoms with E-state index >= 15 is 0 Å². The summed E-state index contributed by atoms with van der Waals surface area (Å²) in [6.45, 7) is 0. The highest BCUT2D eigenvalue weighted by Crippen LogP contribution is 2.24. The van der Waals surface area contributed by atoms with Gasteiger partial charge >= 0.3 is 0 Å². The molecule has 1 amide bonds. The molecule has 19 heavy (non-hydrogen) atoms. The number of rotatable bonds is 3. The van der Waals surface area contributed by atoms with Crippen molar-refractivity contribution in [3.8, 4) is 0 Å². The van der Waals surface area contributed by atoms with Crippen LogP contribution in [0.2, 0.25) is 5.02 Å². The summed E-state index contributed by atoms with van der Waals surface area (Å²) in [5, 5.41) is 13.5. The number of halogens is 1. The molecule has 0 saturated heterocycles. The van der Waals surface area contributed by atoms with Gasteiger partial charge in [0.2, 0.25) is 0 Å². The van der Waals surface area contributed by atoms with Gasteiger partial charge in [-0.1, -0.05) is 23.7 Å². The van der Waals surface area contributed by atoms with Crippen LogP contribution >= 0.6 is 11.6 Å². The predicted molar refractivity (Wildman–Crippen MR) is 70.3 cm³/mol. The number of nitrogens with one attached hydrogen (secondary N) is 1. The average Bonchev–Trinajstić information content (AvgIpc) is 2.39. The lowest BCUT2D eigenvalue weighted by molar-refractivity contribution is -0.383.